The van der Waals surface area contributed by atoms with Gasteiger partial charge >= 0.3 is 0 Å². The highest BCUT2D eigenvalue weighted by Crippen LogP contribution is 2.41. The predicted octanol–water partition coefficient (Wildman–Crippen LogP) is 2.52. The van der Waals surface area contributed by atoms with Gasteiger partial charge in [0, 0.05) is 12.8 Å². The van der Waals surface area contributed by atoms with E-state index in [1.54, 1.807) is 30.3 Å². The third-order valence-corrected chi connectivity index (χ3v) is 9.79. The number of piperidine rings is 2. The van der Waals surface area contributed by atoms with Gasteiger partial charge in [-0.2, -0.15) is 0 Å². The number of hydrogen-bond donors (Lipinski definition) is 2. The van der Waals surface area contributed by atoms with E-state index in [2.05, 4.69) is 10.6 Å². The van der Waals surface area contributed by atoms with E-state index in [0.717, 1.165) is 15.4 Å². The highest BCUT2D eigenvalue weighted by molar-refractivity contribution is 6.25. The van der Waals surface area contributed by atoms with Crippen molar-refractivity contribution in [3.63, 3.8) is 0 Å². The Balaban J connectivity index is 1.22. The van der Waals surface area contributed by atoms with Gasteiger partial charge in [-0.25, -0.2) is 0 Å². The molecule has 4 aliphatic rings. The highest BCUT2D eigenvalue weighted by Gasteiger charge is 2.48. The molecule has 2 N–H and O–H groups in total. The van der Waals surface area contributed by atoms with Gasteiger partial charge in [-0.1, -0.05) is 45.9 Å². The van der Waals surface area contributed by atoms with Crippen LogP contribution in [0.2, 0.25) is 0 Å². The van der Waals surface area contributed by atoms with Crippen molar-refractivity contribution >= 4 is 47.3 Å². The Bertz CT molecular complexity index is 1790. The molecule has 6 rings (SSSR count). The Kier molecular flexibility index (Phi) is 7.29. The Labute approximate surface area is 264 Å². The van der Waals surface area contributed by atoms with Gasteiger partial charge in [0.2, 0.25) is 23.6 Å². The number of fused-ring (bicyclic) bond motifs is 2. The number of imide groups is 4. The van der Waals surface area contributed by atoms with Crippen molar-refractivity contribution in [2.45, 2.75) is 89.1 Å². The zero-order valence-electron chi connectivity index (χ0n) is 26.0. The van der Waals surface area contributed by atoms with Gasteiger partial charge in [0.05, 0.1) is 22.3 Å². The summed E-state index contributed by atoms with van der Waals surface area (Å²) in [6, 6.07) is 8.09. The van der Waals surface area contributed by atoms with Crippen molar-refractivity contribution in [1.82, 2.24) is 20.4 Å². The second kappa shape index (κ2) is 10.8. The minimum Gasteiger partial charge on any atom is -0.295 e. The average Bonchev–Trinajstić information content (AvgIpc) is 3.40. The lowest BCUT2D eigenvalue weighted by Gasteiger charge is -2.33. The van der Waals surface area contributed by atoms with Crippen molar-refractivity contribution < 1.29 is 38.4 Å². The van der Waals surface area contributed by atoms with E-state index in [1.807, 2.05) is 33.8 Å². The van der Waals surface area contributed by atoms with Crippen LogP contribution in [0.25, 0.3) is 0 Å². The Hall–Kier alpha value is -5.00. The molecule has 12 heteroatoms. The second-order valence-electron chi connectivity index (χ2n) is 13.7. The van der Waals surface area contributed by atoms with Crippen molar-refractivity contribution in [2.24, 2.45) is 0 Å². The van der Waals surface area contributed by atoms with E-state index in [0.29, 0.717) is 18.4 Å². The first-order valence-electron chi connectivity index (χ1n) is 15.3. The smallest absolute Gasteiger partial charge is 0.262 e. The number of benzene rings is 2. The van der Waals surface area contributed by atoms with E-state index in [1.165, 1.54) is 0 Å². The summed E-state index contributed by atoms with van der Waals surface area (Å²) in [7, 11) is 0. The standard InChI is InChI=1S/C34H34N4O8/c1-33(2,17-8-9-18-20(16-17)31(45)37(29(18)43)22-10-12-24(39)35-27(22)41)14-15-34(3,4)21-7-5-6-19-26(21)32(46)38(30(19)44)23-11-13-25(40)36-28(23)42/h5-9,16,22-23H,10-15H2,1-4H3,(H,35,39,41)(H,36,40,42). The summed E-state index contributed by atoms with van der Waals surface area (Å²) in [6.07, 6.45) is 1.39. The molecule has 8 amide bonds. The molecule has 0 radical (unpaired) electrons. The van der Waals surface area contributed by atoms with Crippen molar-refractivity contribution in [1.29, 1.82) is 0 Å². The molecule has 2 atom stereocenters. The van der Waals surface area contributed by atoms with E-state index in [9.17, 15) is 38.4 Å². The van der Waals surface area contributed by atoms with Gasteiger partial charge < -0.3 is 0 Å². The van der Waals surface area contributed by atoms with Crippen LogP contribution in [0.1, 0.15) is 119 Å². The molecule has 46 heavy (non-hydrogen) atoms. The predicted molar refractivity (Wildman–Crippen MR) is 162 cm³/mol. The fourth-order valence-electron chi connectivity index (χ4n) is 6.87. The van der Waals surface area contributed by atoms with Crippen molar-refractivity contribution in [3.05, 3.63) is 69.8 Å². The Morgan fingerprint density at radius 1 is 0.630 bits per heavy atom. The Morgan fingerprint density at radius 2 is 1.15 bits per heavy atom. The van der Waals surface area contributed by atoms with Gasteiger partial charge in [0.1, 0.15) is 12.1 Å². The molecule has 0 aromatic heterocycles. The van der Waals surface area contributed by atoms with Gasteiger partial charge in [0.25, 0.3) is 23.6 Å². The lowest BCUT2D eigenvalue weighted by Crippen LogP contribution is -2.54. The van der Waals surface area contributed by atoms with Crippen LogP contribution in [0.5, 0.6) is 0 Å². The number of nitrogens with one attached hydrogen (secondary N) is 2. The summed E-state index contributed by atoms with van der Waals surface area (Å²) in [5.74, 6) is -4.46. The summed E-state index contributed by atoms with van der Waals surface area (Å²) in [5, 5.41) is 4.42. The summed E-state index contributed by atoms with van der Waals surface area (Å²) in [5.41, 5.74) is 1.29. The van der Waals surface area contributed by atoms with Gasteiger partial charge in [-0.05, 0) is 65.8 Å². The molecular weight excluding hydrogens is 592 g/mol. The SMILES string of the molecule is CC(C)(CCC(C)(C)c1cccc2c1C(=O)N(C1CCC(=O)NC1=O)C2=O)c1ccc2c(c1)C(=O)N(C1CCC(=O)NC1=O)C2=O. The van der Waals surface area contributed by atoms with Crippen LogP contribution in [0.3, 0.4) is 0 Å². The number of rotatable bonds is 7. The number of hydrogen-bond acceptors (Lipinski definition) is 8. The van der Waals surface area contributed by atoms with Crippen LogP contribution in [0.4, 0.5) is 0 Å². The highest BCUT2D eigenvalue weighted by atomic mass is 16.2. The van der Waals surface area contributed by atoms with Crippen LogP contribution < -0.4 is 10.6 Å². The first kappa shape index (κ1) is 31.0. The summed E-state index contributed by atoms with van der Waals surface area (Å²) < 4.78 is 0. The first-order chi connectivity index (χ1) is 21.6. The van der Waals surface area contributed by atoms with Crippen LogP contribution in [-0.4, -0.2) is 69.1 Å². The maximum absolute atomic E-state index is 13.7. The summed E-state index contributed by atoms with van der Waals surface area (Å²) >= 11 is 0. The largest absolute Gasteiger partial charge is 0.295 e. The molecule has 0 saturated carbocycles. The minimum atomic E-state index is -1.06. The monoisotopic (exact) mass is 626 g/mol. The fourth-order valence-corrected chi connectivity index (χ4v) is 6.87. The van der Waals surface area contributed by atoms with E-state index in [-0.39, 0.29) is 47.9 Å². The second-order valence-corrected chi connectivity index (χ2v) is 13.7. The fraction of sp³-hybridized carbons (Fsp3) is 0.412. The van der Waals surface area contributed by atoms with Gasteiger partial charge in [-0.15, -0.1) is 0 Å². The molecule has 2 fully saturated rings. The molecule has 0 bridgehead atoms. The number of amides is 8. The lowest BCUT2D eigenvalue weighted by atomic mass is 9.71. The van der Waals surface area contributed by atoms with Crippen LogP contribution in [0.15, 0.2) is 36.4 Å². The lowest BCUT2D eigenvalue weighted by molar-refractivity contribution is -0.137. The molecule has 2 aromatic rings. The molecular formula is C34H34N4O8. The summed E-state index contributed by atoms with van der Waals surface area (Å²) in [4.78, 5) is 104. The van der Waals surface area contributed by atoms with Crippen LogP contribution in [0, 0.1) is 0 Å². The zero-order chi connectivity index (χ0) is 33.3. The van der Waals surface area contributed by atoms with Crippen molar-refractivity contribution in [2.75, 3.05) is 0 Å². The normalized spacial score (nSPS) is 21.9. The van der Waals surface area contributed by atoms with Crippen LogP contribution in [-0.2, 0) is 30.0 Å². The molecule has 0 spiro atoms. The molecule has 4 heterocycles. The van der Waals surface area contributed by atoms with Crippen molar-refractivity contribution in [3.8, 4) is 0 Å². The molecule has 0 aliphatic carbocycles. The summed E-state index contributed by atoms with van der Waals surface area (Å²) in [6.45, 7) is 7.99. The number of carbonyl (C=O) groups is 8. The molecule has 238 valence electrons. The van der Waals surface area contributed by atoms with E-state index in [4.69, 9.17) is 0 Å². The first-order valence-corrected chi connectivity index (χ1v) is 15.3. The quantitative estimate of drug-likeness (QED) is 0.442. The maximum atomic E-state index is 13.7. The third kappa shape index (κ3) is 4.92. The number of nitrogens with zero attached hydrogens (tertiary/aromatic N) is 2. The van der Waals surface area contributed by atoms with Crippen LogP contribution >= 0.6 is 0 Å². The molecule has 4 aliphatic heterocycles. The average molecular weight is 627 g/mol. The topological polar surface area (TPSA) is 167 Å². The van der Waals surface area contributed by atoms with E-state index >= 15 is 0 Å². The van der Waals surface area contributed by atoms with Gasteiger partial charge in [0.15, 0.2) is 0 Å². The maximum Gasteiger partial charge on any atom is 0.262 e. The zero-order valence-corrected chi connectivity index (χ0v) is 26.0. The Morgan fingerprint density at radius 3 is 1.74 bits per heavy atom. The molecule has 2 unspecified atom stereocenters. The van der Waals surface area contributed by atoms with Gasteiger partial charge in [-0.3, -0.25) is 58.8 Å². The third-order valence-electron chi connectivity index (χ3n) is 9.79. The molecule has 2 saturated heterocycles. The minimum absolute atomic E-state index is 0.0364. The van der Waals surface area contributed by atoms with E-state index < -0.39 is 70.2 Å². The molecule has 12 nitrogen and oxygen atoms in total. The molecule has 2 aromatic carbocycles. The number of carbonyl (C=O) groups excluding carboxylic acids is 8.